The van der Waals surface area contributed by atoms with E-state index in [4.69, 9.17) is 0 Å². The number of rotatable bonds is 5. The van der Waals surface area contributed by atoms with Crippen LogP contribution in [0.4, 0.5) is 11.4 Å². The molecule has 2 aliphatic rings. The van der Waals surface area contributed by atoms with E-state index in [1.165, 1.54) is 16.7 Å². The van der Waals surface area contributed by atoms with Gasteiger partial charge in [-0.1, -0.05) is 31.2 Å². The van der Waals surface area contributed by atoms with Crippen molar-refractivity contribution in [3.8, 4) is 0 Å². The molecule has 2 aromatic carbocycles. The Labute approximate surface area is 180 Å². The van der Waals surface area contributed by atoms with Gasteiger partial charge in [-0.25, -0.2) is 0 Å². The lowest BCUT2D eigenvalue weighted by Gasteiger charge is -2.34. The molecule has 7 heteroatoms. The highest BCUT2D eigenvalue weighted by Crippen LogP contribution is 2.40. The predicted octanol–water partition coefficient (Wildman–Crippen LogP) is 3.32. The van der Waals surface area contributed by atoms with Gasteiger partial charge in [0.15, 0.2) is 5.25 Å². The zero-order chi connectivity index (χ0) is 21.1. The molecular formula is C23H25N3O3S. The van der Waals surface area contributed by atoms with Crippen molar-refractivity contribution in [3.63, 3.8) is 0 Å². The standard InChI is InChI=1S/C23H25N3O3S/c1-2-16-8-7-9-17(14-16)24-20(27)15-26-18-10-3-4-11-19(18)30-21(23(26)29)22(28)25-12-5-6-13-25/h3-4,7-11,14,21H,2,5-6,12-13,15H2,1H3,(H,24,27)/t21-/m0/s1. The largest absolute Gasteiger partial charge is 0.341 e. The fourth-order valence-electron chi connectivity index (χ4n) is 3.85. The van der Waals surface area contributed by atoms with Crippen LogP contribution >= 0.6 is 11.8 Å². The van der Waals surface area contributed by atoms with Gasteiger partial charge < -0.3 is 15.1 Å². The minimum atomic E-state index is -0.839. The molecule has 156 valence electrons. The molecule has 1 saturated heterocycles. The van der Waals surface area contributed by atoms with Gasteiger partial charge in [0, 0.05) is 23.7 Å². The summed E-state index contributed by atoms with van der Waals surface area (Å²) in [5, 5.41) is 2.04. The molecule has 1 fully saturated rings. The number of para-hydroxylation sites is 1. The van der Waals surface area contributed by atoms with Crippen LogP contribution in [-0.4, -0.2) is 47.5 Å². The quantitative estimate of drug-likeness (QED) is 0.749. The Hall–Kier alpha value is -2.80. The van der Waals surface area contributed by atoms with Crippen LogP contribution in [0.3, 0.4) is 0 Å². The van der Waals surface area contributed by atoms with Crippen molar-refractivity contribution >= 4 is 40.9 Å². The molecule has 2 aliphatic heterocycles. The number of hydrogen-bond donors (Lipinski definition) is 1. The summed E-state index contributed by atoms with van der Waals surface area (Å²) in [5.41, 5.74) is 2.51. The zero-order valence-corrected chi connectivity index (χ0v) is 17.8. The molecule has 2 heterocycles. The average Bonchev–Trinajstić information content (AvgIpc) is 3.30. The van der Waals surface area contributed by atoms with E-state index >= 15 is 0 Å². The van der Waals surface area contributed by atoms with Crippen molar-refractivity contribution in [1.82, 2.24) is 4.90 Å². The third-order valence-electron chi connectivity index (χ3n) is 5.45. The Morgan fingerprint density at radius 2 is 1.87 bits per heavy atom. The van der Waals surface area contributed by atoms with Gasteiger partial charge in [0.25, 0.3) is 5.91 Å². The number of nitrogens with one attached hydrogen (secondary N) is 1. The molecule has 0 aliphatic carbocycles. The zero-order valence-electron chi connectivity index (χ0n) is 17.0. The lowest BCUT2D eigenvalue weighted by atomic mass is 10.1. The number of fused-ring (bicyclic) bond motifs is 1. The number of carbonyl (C=O) groups excluding carboxylic acids is 3. The Kier molecular flexibility index (Phi) is 6.08. The Morgan fingerprint density at radius 1 is 1.10 bits per heavy atom. The van der Waals surface area contributed by atoms with Crippen molar-refractivity contribution in [2.75, 3.05) is 29.9 Å². The SMILES string of the molecule is CCc1cccc(NC(=O)CN2C(=O)[C@H](C(=O)N3CCCC3)Sc3ccccc32)c1. The summed E-state index contributed by atoms with van der Waals surface area (Å²) in [6.07, 6.45) is 2.81. The molecule has 0 radical (unpaired) electrons. The van der Waals surface area contributed by atoms with Gasteiger partial charge in [0.2, 0.25) is 11.8 Å². The smallest absolute Gasteiger partial charge is 0.250 e. The second-order valence-corrected chi connectivity index (χ2v) is 8.67. The van der Waals surface area contributed by atoms with E-state index in [0.717, 1.165) is 29.7 Å². The van der Waals surface area contributed by atoms with Crippen LogP contribution in [0.5, 0.6) is 0 Å². The molecule has 0 saturated carbocycles. The number of likely N-dealkylation sites (tertiary alicyclic amines) is 1. The fraction of sp³-hybridized carbons (Fsp3) is 0.348. The minimum absolute atomic E-state index is 0.128. The van der Waals surface area contributed by atoms with Gasteiger partial charge in [-0.2, -0.15) is 0 Å². The maximum atomic E-state index is 13.3. The highest BCUT2D eigenvalue weighted by atomic mass is 32.2. The fourth-order valence-corrected chi connectivity index (χ4v) is 5.04. The van der Waals surface area contributed by atoms with Crippen LogP contribution in [0.15, 0.2) is 53.4 Å². The van der Waals surface area contributed by atoms with E-state index in [0.29, 0.717) is 24.5 Å². The number of thioether (sulfide) groups is 1. The molecule has 0 bridgehead atoms. The normalized spacial score (nSPS) is 18.3. The molecule has 6 nitrogen and oxygen atoms in total. The van der Waals surface area contributed by atoms with Crippen molar-refractivity contribution in [1.29, 1.82) is 0 Å². The summed E-state index contributed by atoms with van der Waals surface area (Å²) in [7, 11) is 0. The van der Waals surface area contributed by atoms with Crippen LogP contribution in [-0.2, 0) is 20.8 Å². The van der Waals surface area contributed by atoms with Crippen LogP contribution in [0.1, 0.15) is 25.3 Å². The number of carbonyl (C=O) groups is 3. The van der Waals surface area contributed by atoms with Crippen molar-refractivity contribution in [2.24, 2.45) is 0 Å². The van der Waals surface area contributed by atoms with Gasteiger partial charge in [-0.05, 0) is 49.1 Å². The van der Waals surface area contributed by atoms with Crippen LogP contribution < -0.4 is 10.2 Å². The Balaban J connectivity index is 1.54. The van der Waals surface area contributed by atoms with E-state index in [-0.39, 0.29) is 24.3 Å². The number of hydrogen-bond acceptors (Lipinski definition) is 4. The van der Waals surface area contributed by atoms with Crippen LogP contribution in [0, 0.1) is 0 Å². The molecule has 3 amide bonds. The summed E-state index contributed by atoms with van der Waals surface area (Å²) in [4.78, 5) is 43.0. The molecule has 30 heavy (non-hydrogen) atoms. The van der Waals surface area contributed by atoms with Crippen molar-refractivity contribution < 1.29 is 14.4 Å². The van der Waals surface area contributed by atoms with Crippen molar-refractivity contribution in [2.45, 2.75) is 36.3 Å². The molecular weight excluding hydrogens is 398 g/mol. The van der Waals surface area contributed by atoms with Crippen molar-refractivity contribution in [3.05, 3.63) is 54.1 Å². The summed E-state index contributed by atoms with van der Waals surface area (Å²) in [6.45, 7) is 3.31. The topological polar surface area (TPSA) is 69.7 Å². The van der Waals surface area contributed by atoms with Crippen LogP contribution in [0.25, 0.3) is 0 Å². The lowest BCUT2D eigenvalue weighted by Crippen LogP contribution is -2.51. The van der Waals surface area contributed by atoms with E-state index in [9.17, 15) is 14.4 Å². The number of aryl methyl sites for hydroxylation is 1. The summed E-state index contributed by atoms with van der Waals surface area (Å²) < 4.78 is 0. The van der Waals surface area contributed by atoms with Crippen LogP contribution in [0.2, 0.25) is 0 Å². The maximum absolute atomic E-state index is 13.3. The monoisotopic (exact) mass is 423 g/mol. The van der Waals surface area contributed by atoms with Gasteiger partial charge >= 0.3 is 0 Å². The molecule has 0 spiro atoms. The summed E-state index contributed by atoms with van der Waals surface area (Å²) in [5.74, 6) is -0.767. The summed E-state index contributed by atoms with van der Waals surface area (Å²) in [6, 6.07) is 15.1. The van der Waals surface area contributed by atoms with E-state index in [1.54, 1.807) is 4.90 Å². The first-order valence-corrected chi connectivity index (χ1v) is 11.2. The molecule has 2 aromatic rings. The molecule has 0 aromatic heterocycles. The summed E-state index contributed by atoms with van der Waals surface area (Å²) >= 11 is 1.29. The van der Waals surface area contributed by atoms with Gasteiger partial charge in [0.05, 0.1) is 5.69 Å². The maximum Gasteiger partial charge on any atom is 0.250 e. The third-order valence-corrected chi connectivity index (χ3v) is 6.69. The molecule has 1 N–H and O–H groups in total. The van der Waals surface area contributed by atoms with Gasteiger partial charge in [-0.15, -0.1) is 11.8 Å². The number of anilines is 2. The highest BCUT2D eigenvalue weighted by molar-refractivity contribution is 8.01. The van der Waals surface area contributed by atoms with Gasteiger partial charge in [-0.3, -0.25) is 14.4 Å². The first-order chi connectivity index (χ1) is 14.6. The van der Waals surface area contributed by atoms with E-state index in [2.05, 4.69) is 12.2 Å². The second-order valence-electron chi connectivity index (χ2n) is 7.52. The Morgan fingerprint density at radius 3 is 2.63 bits per heavy atom. The number of nitrogens with zero attached hydrogens (tertiary/aromatic N) is 2. The lowest BCUT2D eigenvalue weighted by molar-refractivity contribution is -0.134. The van der Waals surface area contributed by atoms with E-state index < -0.39 is 5.25 Å². The Bertz CT molecular complexity index is 972. The van der Waals surface area contributed by atoms with E-state index in [1.807, 2.05) is 48.5 Å². The number of benzene rings is 2. The third kappa shape index (κ3) is 4.21. The second kappa shape index (κ2) is 8.92. The highest BCUT2D eigenvalue weighted by Gasteiger charge is 2.41. The first-order valence-electron chi connectivity index (χ1n) is 10.3. The van der Waals surface area contributed by atoms with Gasteiger partial charge in [0.1, 0.15) is 6.54 Å². The minimum Gasteiger partial charge on any atom is -0.341 e. The molecule has 1 atom stereocenters. The number of amides is 3. The average molecular weight is 424 g/mol. The molecule has 0 unspecified atom stereocenters. The first kappa shape index (κ1) is 20.5. The molecule has 4 rings (SSSR count). The predicted molar refractivity (Wildman–Crippen MR) is 119 cm³/mol.